The molecular weight excluding hydrogens is 278 g/mol. The smallest absolute Gasteiger partial charge is 0.322 e. The van der Waals surface area contributed by atoms with Crippen LogP contribution in [0.1, 0.15) is 6.42 Å². The van der Waals surface area contributed by atoms with Gasteiger partial charge in [0.25, 0.3) is 0 Å². The lowest BCUT2D eigenvalue weighted by Gasteiger charge is -2.24. The van der Waals surface area contributed by atoms with Crippen LogP contribution in [0.2, 0.25) is 0 Å². The summed E-state index contributed by atoms with van der Waals surface area (Å²) in [7, 11) is 1.82. The Morgan fingerprint density at radius 3 is 3.00 bits per heavy atom. The molecule has 0 aromatic heterocycles. The summed E-state index contributed by atoms with van der Waals surface area (Å²) in [5, 5.41) is 12.7. The number of urea groups is 1. The molecule has 3 rings (SSSR count). The second-order valence-electron chi connectivity index (χ2n) is 5.31. The van der Waals surface area contributed by atoms with Crippen molar-refractivity contribution < 1.29 is 4.79 Å². The van der Waals surface area contributed by atoms with Crippen LogP contribution in [0.3, 0.4) is 0 Å². The summed E-state index contributed by atoms with van der Waals surface area (Å²) in [6.45, 7) is 5.49. The van der Waals surface area contributed by atoms with Gasteiger partial charge in [-0.25, -0.2) is 4.79 Å². The van der Waals surface area contributed by atoms with E-state index in [0.717, 1.165) is 29.1 Å². The number of nitrogens with zero attached hydrogens (tertiary/aromatic N) is 1. The average Bonchev–Trinajstić information content (AvgIpc) is 3.05. The van der Waals surface area contributed by atoms with Crippen LogP contribution in [-0.4, -0.2) is 37.2 Å². The first kappa shape index (κ1) is 14.3. The Morgan fingerprint density at radius 1 is 1.45 bits per heavy atom. The molecule has 2 aliphatic heterocycles. The van der Waals surface area contributed by atoms with Crippen molar-refractivity contribution in [1.29, 1.82) is 0 Å². The Kier molecular flexibility index (Phi) is 3.91. The lowest BCUT2D eigenvalue weighted by Crippen LogP contribution is -2.38. The molecule has 1 aliphatic carbocycles. The largest absolute Gasteiger partial charge is 0.392 e. The zero-order valence-corrected chi connectivity index (χ0v) is 12.6. The van der Waals surface area contributed by atoms with Crippen LogP contribution < -0.4 is 21.3 Å². The van der Waals surface area contributed by atoms with Gasteiger partial charge in [-0.1, -0.05) is 24.8 Å². The van der Waals surface area contributed by atoms with Crippen LogP contribution in [0.15, 0.2) is 59.7 Å². The fraction of sp³-hybridized carbons (Fsp3) is 0.312. The Morgan fingerprint density at radius 2 is 2.27 bits per heavy atom. The van der Waals surface area contributed by atoms with Crippen molar-refractivity contribution in [2.24, 2.45) is 0 Å². The number of carbonyl (C=O) groups excluding carboxylic acids is 1. The molecule has 2 heterocycles. The number of rotatable bonds is 4. The van der Waals surface area contributed by atoms with Gasteiger partial charge in [0.15, 0.2) is 0 Å². The SMILES string of the molecule is C=C(/C(=C\NC)N1CCNC1=O)C1NC2=CC=CCC=C2N1. The van der Waals surface area contributed by atoms with Crippen LogP contribution in [0.4, 0.5) is 4.79 Å². The number of fused-ring (bicyclic) bond motifs is 1. The van der Waals surface area contributed by atoms with Crippen molar-refractivity contribution in [2.75, 3.05) is 20.1 Å². The summed E-state index contributed by atoms with van der Waals surface area (Å²) < 4.78 is 0. The van der Waals surface area contributed by atoms with E-state index < -0.39 is 0 Å². The number of allylic oxidation sites excluding steroid dienone is 4. The highest BCUT2D eigenvalue weighted by atomic mass is 16.2. The maximum Gasteiger partial charge on any atom is 0.322 e. The standard InChI is InChI=1S/C16H21N5O/c1-11(14(10-17-2)21-9-8-18-16(21)22)15-19-12-6-4-3-5-7-13(12)20-15/h3-4,6-7,10,15,17,19-20H,1,5,8-9H2,2H3,(H,18,22)/b14-10+. The molecule has 0 aromatic carbocycles. The summed E-state index contributed by atoms with van der Waals surface area (Å²) in [4.78, 5) is 13.6. The lowest BCUT2D eigenvalue weighted by atomic mass is 10.1. The van der Waals surface area contributed by atoms with Gasteiger partial charge in [0.1, 0.15) is 6.17 Å². The molecule has 0 aromatic rings. The lowest BCUT2D eigenvalue weighted by molar-refractivity contribution is 0.227. The number of hydrogen-bond acceptors (Lipinski definition) is 4. The number of carbonyl (C=O) groups is 1. The molecule has 0 saturated carbocycles. The Labute approximate surface area is 130 Å². The predicted molar refractivity (Wildman–Crippen MR) is 86.4 cm³/mol. The third-order valence-corrected chi connectivity index (χ3v) is 3.85. The minimum atomic E-state index is -0.128. The van der Waals surface area contributed by atoms with E-state index in [1.54, 1.807) is 4.90 Å². The highest BCUT2D eigenvalue weighted by Crippen LogP contribution is 2.24. The van der Waals surface area contributed by atoms with Gasteiger partial charge in [-0.3, -0.25) is 4.90 Å². The van der Waals surface area contributed by atoms with E-state index in [4.69, 9.17) is 0 Å². The second-order valence-corrected chi connectivity index (χ2v) is 5.31. The van der Waals surface area contributed by atoms with Crippen LogP contribution in [-0.2, 0) is 0 Å². The quantitative estimate of drug-likeness (QED) is 0.582. The first-order valence-electron chi connectivity index (χ1n) is 7.43. The van der Waals surface area contributed by atoms with Crippen molar-refractivity contribution in [3.8, 4) is 0 Å². The third kappa shape index (κ3) is 2.59. The molecule has 0 spiro atoms. The van der Waals surface area contributed by atoms with Crippen molar-refractivity contribution in [3.63, 3.8) is 0 Å². The fourth-order valence-corrected chi connectivity index (χ4v) is 2.74. The predicted octanol–water partition coefficient (Wildman–Crippen LogP) is 0.875. The van der Waals surface area contributed by atoms with E-state index in [-0.39, 0.29) is 12.2 Å². The number of amides is 2. The summed E-state index contributed by atoms with van der Waals surface area (Å²) in [6.07, 6.45) is 10.9. The summed E-state index contributed by atoms with van der Waals surface area (Å²) in [6, 6.07) is -0.0868. The highest BCUT2D eigenvalue weighted by molar-refractivity contribution is 5.79. The molecule has 1 unspecified atom stereocenters. The first-order valence-corrected chi connectivity index (χ1v) is 7.43. The molecule has 2 amide bonds. The molecule has 2 fully saturated rings. The van der Waals surface area contributed by atoms with Crippen molar-refractivity contribution >= 4 is 6.03 Å². The summed E-state index contributed by atoms with van der Waals surface area (Å²) in [5.74, 6) is 0. The van der Waals surface area contributed by atoms with Crippen LogP contribution in [0.25, 0.3) is 0 Å². The molecule has 2 saturated heterocycles. The summed E-state index contributed by atoms with van der Waals surface area (Å²) in [5.41, 5.74) is 3.74. The average molecular weight is 299 g/mol. The van der Waals surface area contributed by atoms with Crippen LogP contribution in [0, 0.1) is 0 Å². The van der Waals surface area contributed by atoms with Crippen molar-refractivity contribution in [1.82, 2.24) is 26.2 Å². The van der Waals surface area contributed by atoms with Gasteiger partial charge in [0, 0.05) is 31.9 Å². The highest BCUT2D eigenvalue weighted by Gasteiger charge is 2.31. The molecule has 6 nitrogen and oxygen atoms in total. The first-order chi connectivity index (χ1) is 10.7. The second kappa shape index (κ2) is 6.01. The fourth-order valence-electron chi connectivity index (χ4n) is 2.74. The molecule has 0 bridgehead atoms. The molecule has 4 N–H and O–H groups in total. The maximum absolute atomic E-state index is 11.9. The van der Waals surface area contributed by atoms with Gasteiger partial charge in [0.2, 0.25) is 0 Å². The van der Waals surface area contributed by atoms with Gasteiger partial charge < -0.3 is 21.3 Å². The van der Waals surface area contributed by atoms with E-state index in [2.05, 4.69) is 40.0 Å². The molecule has 6 heteroatoms. The summed E-state index contributed by atoms with van der Waals surface area (Å²) >= 11 is 0. The molecule has 3 aliphatic rings. The minimum absolute atomic E-state index is 0.0868. The maximum atomic E-state index is 11.9. The van der Waals surface area contributed by atoms with Gasteiger partial charge in [-0.05, 0) is 12.5 Å². The number of hydrogen-bond donors (Lipinski definition) is 4. The van der Waals surface area contributed by atoms with E-state index in [9.17, 15) is 4.79 Å². The van der Waals surface area contributed by atoms with Gasteiger partial charge in [0.05, 0.1) is 17.1 Å². The Balaban J connectivity index is 1.80. The van der Waals surface area contributed by atoms with Crippen LogP contribution in [0.5, 0.6) is 0 Å². The van der Waals surface area contributed by atoms with Gasteiger partial charge in [-0.15, -0.1) is 0 Å². The molecule has 116 valence electrons. The molecular formula is C16H21N5O. The van der Waals surface area contributed by atoms with Gasteiger partial charge in [-0.2, -0.15) is 0 Å². The van der Waals surface area contributed by atoms with E-state index in [1.165, 1.54) is 0 Å². The zero-order chi connectivity index (χ0) is 15.5. The van der Waals surface area contributed by atoms with Gasteiger partial charge >= 0.3 is 6.03 Å². The minimum Gasteiger partial charge on any atom is -0.392 e. The zero-order valence-electron chi connectivity index (χ0n) is 12.6. The number of nitrogens with one attached hydrogen (secondary N) is 4. The van der Waals surface area contributed by atoms with E-state index >= 15 is 0 Å². The third-order valence-electron chi connectivity index (χ3n) is 3.85. The van der Waals surface area contributed by atoms with Crippen molar-refractivity contribution in [3.05, 3.63) is 59.7 Å². The topological polar surface area (TPSA) is 68.4 Å². The molecule has 1 atom stereocenters. The van der Waals surface area contributed by atoms with Crippen LogP contribution >= 0.6 is 0 Å². The molecule has 0 radical (unpaired) electrons. The van der Waals surface area contributed by atoms with E-state index in [0.29, 0.717) is 13.1 Å². The normalized spacial score (nSPS) is 23.7. The van der Waals surface area contributed by atoms with E-state index in [1.807, 2.05) is 25.4 Å². The Bertz CT molecular complexity index is 614. The molecule has 22 heavy (non-hydrogen) atoms. The Hall–Kier alpha value is -2.63. The monoisotopic (exact) mass is 299 g/mol. The van der Waals surface area contributed by atoms with Crippen molar-refractivity contribution in [2.45, 2.75) is 12.6 Å².